The number of nitrogens with zero attached hydrogens (tertiary/aromatic N) is 1. The van der Waals surface area contributed by atoms with Crippen LogP contribution in [0.2, 0.25) is 0 Å². The average Bonchev–Trinajstić information content (AvgIpc) is 2.96. The Bertz CT molecular complexity index is 706. The number of hydrogen-bond acceptors (Lipinski definition) is 4. The van der Waals surface area contributed by atoms with Crippen molar-refractivity contribution in [2.24, 2.45) is 0 Å². The van der Waals surface area contributed by atoms with Gasteiger partial charge in [-0.05, 0) is 25.1 Å². The zero-order chi connectivity index (χ0) is 17.2. The van der Waals surface area contributed by atoms with Crippen LogP contribution in [0.25, 0.3) is 0 Å². The Morgan fingerprint density at radius 2 is 2.09 bits per heavy atom. The van der Waals surface area contributed by atoms with Crippen molar-refractivity contribution in [3.8, 4) is 5.75 Å². The Labute approximate surface area is 138 Å². The molecule has 0 saturated carbocycles. The average molecular weight is 339 g/mol. The molecular weight excluding hydrogens is 317 g/mol. The van der Waals surface area contributed by atoms with E-state index in [1.165, 1.54) is 25.3 Å². The highest BCUT2D eigenvalue weighted by molar-refractivity contribution is 7.84. The molecule has 1 aromatic heterocycles. The van der Waals surface area contributed by atoms with Gasteiger partial charge in [-0.15, -0.1) is 0 Å². The van der Waals surface area contributed by atoms with Crippen molar-refractivity contribution in [2.45, 2.75) is 44.1 Å². The van der Waals surface area contributed by atoms with E-state index in [4.69, 9.17) is 9.15 Å². The molecule has 0 N–H and O–H groups in total. The highest BCUT2D eigenvalue weighted by Crippen LogP contribution is 2.29. The van der Waals surface area contributed by atoms with Gasteiger partial charge < -0.3 is 9.15 Å². The summed E-state index contributed by atoms with van der Waals surface area (Å²) in [5.74, 6) is 1.50. The fourth-order valence-electron chi connectivity index (χ4n) is 2.07. The van der Waals surface area contributed by atoms with Crippen LogP contribution in [0.3, 0.4) is 0 Å². The first-order chi connectivity index (χ1) is 10.7. The van der Waals surface area contributed by atoms with Crippen LogP contribution < -0.4 is 4.74 Å². The van der Waals surface area contributed by atoms with Gasteiger partial charge in [0, 0.05) is 21.8 Å². The quantitative estimate of drug-likeness (QED) is 0.822. The van der Waals surface area contributed by atoms with Crippen molar-refractivity contribution in [1.82, 2.24) is 4.98 Å². The fourth-order valence-corrected chi connectivity index (χ4v) is 3.19. The lowest BCUT2D eigenvalue weighted by molar-refractivity contribution is 0.382. The van der Waals surface area contributed by atoms with Crippen LogP contribution in [-0.4, -0.2) is 16.3 Å². The summed E-state index contributed by atoms with van der Waals surface area (Å²) < 4.78 is 36.9. The predicted octanol–water partition coefficient (Wildman–Crippen LogP) is 4.13. The van der Waals surface area contributed by atoms with Gasteiger partial charge in [-0.3, -0.25) is 4.21 Å². The van der Waals surface area contributed by atoms with Crippen molar-refractivity contribution >= 4 is 10.8 Å². The molecule has 0 aliphatic heterocycles. The van der Waals surface area contributed by atoms with Crippen molar-refractivity contribution in [3.63, 3.8) is 0 Å². The molecular formula is C17H22FNO3S. The molecule has 1 heterocycles. The summed E-state index contributed by atoms with van der Waals surface area (Å²) in [7, 11) is 0.203. The Kier molecular flexibility index (Phi) is 5.24. The number of ether oxygens (including phenoxy) is 1. The number of methoxy groups -OCH3 is 1. The smallest absolute Gasteiger partial charge is 0.209 e. The molecule has 23 heavy (non-hydrogen) atoms. The molecule has 0 radical (unpaired) electrons. The van der Waals surface area contributed by atoms with Crippen LogP contribution in [-0.2, 0) is 22.0 Å². The summed E-state index contributed by atoms with van der Waals surface area (Å²) in [5, 5.41) is -0.390. The van der Waals surface area contributed by atoms with E-state index >= 15 is 0 Å². The molecule has 2 rings (SSSR count). The van der Waals surface area contributed by atoms with E-state index in [2.05, 4.69) is 4.98 Å². The molecule has 0 aliphatic rings. The summed E-state index contributed by atoms with van der Waals surface area (Å²) in [6.07, 6.45) is 1.67. The zero-order valence-corrected chi connectivity index (χ0v) is 14.9. The topological polar surface area (TPSA) is 52.3 Å². The second-order valence-electron chi connectivity index (χ2n) is 6.44. The van der Waals surface area contributed by atoms with E-state index in [-0.39, 0.29) is 22.2 Å². The van der Waals surface area contributed by atoms with Crippen LogP contribution in [0.4, 0.5) is 4.39 Å². The summed E-state index contributed by atoms with van der Waals surface area (Å²) in [4.78, 5) is 4.24. The molecule has 0 fully saturated rings. The zero-order valence-electron chi connectivity index (χ0n) is 14.1. The minimum atomic E-state index is -1.30. The van der Waals surface area contributed by atoms with Crippen molar-refractivity contribution < 1.29 is 17.8 Å². The van der Waals surface area contributed by atoms with Gasteiger partial charge in [0.15, 0.2) is 0 Å². The van der Waals surface area contributed by atoms with Crippen LogP contribution in [0, 0.1) is 5.82 Å². The summed E-state index contributed by atoms with van der Waals surface area (Å²) in [6.45, 7) is 7.86. The van der Waals surface area contributed by atoms with E-state index < -0.39 is 10.8 Å². The van der Waals surface area contributed by atoms with E-state index in [0.717, 1.165) is 5.76 Å². The Morgan fingerprint density at radius 3 is 2.65 bits per heavy atom. The number of hydrogen-bond donors (Lipinski definition) is 0. The van der Waals surface area contributed by atoms with E-state index in [1.807, 2.05) is 20.8 Å². The minimum Gasteiger partial charge on any atom is -0.496 e. The van der Waals surface area contributed by atoms with Crippen molar-refractivity contribution in [2.75, 3.05) is 7.11 Å². The number of rotatable bonds is 5. The number of benzene rings is 1. The normalized spacial score (nSPS) is 14.5. The molecule has 0 saturated heterocycles. The first-order valence-corrected chi connectivity index (χ1v) is 8.76. The largest absolute Gasteiger partial charge is 0.496 e. The monoisotopic (exact) mass is 339 g/mol. The van der Waals surface area contributed by atoms with Gasteiger partial charge in [-0.25, -0.2) is 9.37 Å². The summed E-state index contributed by atoms with van der Waals surface area (Å²) in [6, 6.07) is 4.20. The first kappa shape index (κ1) is 17.7. The number of oxazole rings is 1. The fraction of sp³-hybridized carbons (Fsp3) is 0.471. The number of halogens is 1. The third kappa shape index (κ3) is 4.19. The predicted molar refractivity (Wildman–Crippen MR) is 88.4 cm³/mol. The minimum absolute atomic E-state index is 0.155. The van der Waals surface area contributed by atoms with Crippen LogP contribution >= 0.6 is 0 Å². The molecule has 0 spiro atoms. The third-order valence-corrected chi connectivity index (χ3v) is 5.13. The van der Waals surface area contributed by atoms with Crippen molar-refractivity contribution in [1.29, 1.82) is 0 Å². The molecule has 0 aliphatic carbocycles. The number of aromatic nitrogens is 1. The van der Waals surface area contributed by atoms with Gasteiger partial charge in [-0.2, -0.15) is 0 Å². The summed E-state index contributed by atoms with van der Waals surface area (Å²) >= 11 is 0. The van der Waals surface area contributed by atoms with Crippen LogP contribution in [0.1, 0.15) is 50.2 Å². The molecule has 6 heteroatoms. The van der Waals surface area contributed by atoms with Crippen LogP contribution in [0.5, 0.6) is 5.75 Å². The maximum absolute atomic E-state index is 13.4. The second kappa shape index (κ2) is 6.83. The van der Waals surface area contributed by atoms with Gasteiger partial charge in [0.25, 0.3) is 0 Å². The molecule has 1 aromatic carbocycles. The molecule has 2 aromatic rings. The van der Waals surface area contributed by atoms with Gasteiger partial charge >= 0.3 is 0 Å². The molecule has 4 nitrogen and oxygen atoms in total. The summed E-state index contributed by atoms with van der Waals surface area (Å²) in [5.41, 5.74) is 0.415. The molecule has 0 bridgehead atoms. The van der Waals surface area contributed by atoms with Gasteiger partial charge in [0.2, 0.25) is 5.89 Å². The second-order valence-corrected chi connectivity index (χ2v) is 8.19. The Morgan fingerprint density at radius 1 is 1.39 bits per heavy atom. The highest BCUT2D eigenvalue weighted by atomic mass is 32.2. The van der Waals surface area contributed by atoms with E-state index in [0.29, 0.717) is 17.2 Å². The third-order valence-electron chi connectivity index (χ3n) is 3.55. The Balaban J connectivity index is 2.17. The van der Waals surface area contributed by atoms with Gasteiger partial charge in [0.05, 0.1) is 19.1 Å². The highest BCUT2D eigenvalue weighted by Gasteiger charge is 2.24. The first-order valence-electron chi connectivity index (χ1n) is 7.38. The molecule has 126 valence electrons. The molecule has 0 amide bonds. The lowest BCUT2D eigenvalue weighted by Gasteiger charge is -2.14. The maximum Gasteiger partial charge on any atom is 0.209 e. The van der Waals surface area contributed by atoms with Crippen LogP contribution in [0.15, 0.2) is 28.8 Å². The van der Waals surface area contributed by atoms with Gasteiger partial charge in [0.1, 0.15) is 22.6 Å². The van der Waals surface area contributed by atoms with Gasteiger partial charge in [-0.1, -0.05) is 20.8 Å². The maximum atomic E-state index is 13.4. The molecule has 2 atom stereocenters. The SMILES string of the molecule is COc1ccc(F)cc1C[S@](=O)[C@H](C)c1ncc(C(C)(C)C)o1. The van der Waals surface area contributed by atoms with Crippen molar-refractivity contribution in [3.05, 3.63) is 47.4 Å². The Hall–Kier alpha value is -1.69. The molecule has 0 unspecified atom stereocenters. The van der Waals surface area contributed by atoms with E-state index in [9.17, 15) is 8.60 Å². The lowest BCUT2D eigenvalue weighted by atomic mass is 9.94. The van der Waals surface area contributed by atoms with E-state index in [1.54, 1.807) is 13.1 Å². The standard InChI is InChI=1S/C17H22FNO3S/c1-11(16-19-9-15(22-16)17(2,3)4)23(20)10-12-8-13(18)6-7-14(12)21-5/h6-9,11H,10H2,1-5H3/t11-,23+/m1/s1. The lowest BCUT2D eigenvalue weighted by Crippen LogP contribution is -2.10.